The number of nitrogens with zero attached hydrogens (tertiary/aromatic N) is 1. The van der Waals surface area contributed by atoms with Crippen molar-refractivity contribution in [2.45, 2.75) is 30.7 Å². The van der Waals surface area contributed by atoms with Crippen LogP contribution in [0.15, 0.2) is 54.6 Å². The molecule has 0 radical (unpaired) electrons. The van der Waals surface area contributed by atoms with Gasteiger partial charge in [-0.3, -0.25) is 4.79 Å². The molecule has 138 valence electrons. The lowest BCUT2D eigenvalue weighted by Gasteiger charge is -2.28. The molecule has 3 nitrogen and oxygen atoms in total. The van der Waals surface area contributed by atoms with Crippen molar-refractivity contribution in [1.82, 2.24) is 4.90 Å². The zero-order chi connectivity index (χ0) is 18.9. The van der Waals surface area contributed by atoms with Crippen LogP contribution in [0.25, 0.3) is 0 Å². The molecule has 2 N–H and O–H groups in total. The molecule has 1 aliphatic rings. The first-order valence-corrected chi connectivity index (χ1v) is 8.50. The van der Waals surface area contributed by atoms with Gasteiger partial charge in [-0.1, -0.05) is 48.5 Å². The van der Waals surface area contributed by atoms with Crippen LogP contribution in [-0.4, -0.2) is 35.9 Å². The maximum Gasteiger partial charge on any atom is 0.260 e. The van der Waals surface area contributed by atoms with E-state index in [2.05, 4.69) is 0 Å². The van der Waals surface area contributed by atoms with Gasteiger partial charge in [0.1, 0.15) is 11.7 Å². The third kappa shape index (κ3) is 3.60. The molecule has 1 saturated heterocycles. The summed E-state index contributed by atoms with van der Waals surface area (Å²) in [7, 11) is 0. The maximum atomic E-state index is 14.2. The number of carbonyl (C=O) groups is 1. The van der Waals surface area contributed by atoms with Gasteiger partial charge in [0.15, 0.2) is 0 Å². The van der Waals surface area contributed by atoms with Crippen molar-refractivity contribution < 1.29 is 18.0 Å². The summed E-state index contributed by atoms with van der Waals surface area (Å²) in [6, 6.07) is 13.7. The Labute approximate surface area is 150 Å². The second kappa shape index (κ2) is 7.11. The highest BCUT2D eigenvalue weighted by atomic mass is 19.3. The fraction of sp³-hybridized carbons (Fsp3) is 0.350. The van der Waals surface area contributed by atoms with Gasteiger partial charge in [-0.2, -0.15) is 0 Å². The second-order valence-electron chi connectivity index (χ2n) is 6.84. The SMILES string of the molecule is CC(F)(F)C(C(=O)N1C[C@@H](N)[C@H](c2ccccc2F)C1)c1ccccc1. The van der Waals surface area contributed by atoms with Crippen molar-refractivity contribution in [3.63, 3.8) is 0 Å². The summed E-state index contributed by atoms with van der Waals surface area (Å²) in [6.07, 6.45) is 0. The Bertz CT molecular complexity index is 776. The number of nitrogens with two attached hydrogens (primary N) is 1. The van der Waals surface area contributed by atoms with Crippen LogP contribution in [0.2, 0.25) is 0 Å². The minimum atomic E-state index is -3.22. The molecule has 2 aromatic carbocycles. The Kier molecular flexibility index (Phi) is 5.05. The number of halogens is 3. The van der Waals surface area contributed by atoms with Crippen molar-refractivity contribution in [2.75, 3.05) is 13.1 Å². The van der Waals surface area contributed by atoms with E-state index in [1.54, 1.807) is 36.4 Å². The van der Waals surface area contributed by atoms with E-state index in [9.17, 15) is 18.0 Å². The molecule has 1 amide bonds. The van der Waals surface area contributed by atoms with Gasteiger partial charge in [-0.15, -0.1) is 0 Å². The molecule has 1 aliphatic heterocycles. The molecule has 6 heteroatoms. The van der Waals surface area contributed by atoms with E-state index in [4.69, 9.17) is 5.73 Å². The topological polar surface area (TPSA) is 46.3 Å². The number of amides is 1. The highest BCUT2D eigenvalue weighted by molar-refractivity contribution is 5.85. The van der Waals surface area contributed by atoms with Crippen molar-refractivity contribution in [2.24, 2.45) is 5.73 Å². The predicted molar refractivity (Wildman–Crippen MR) is 93.5 cm³/mol. The molecular weight excluding hydrogens is 341 g/mol. The highest BCUT2D eigenvalue weighted by Crippen LogP contribution is 2.37. The summed E-state index contributed by atoms with van der Waals surface area (Å²) in [6.45, 7) is 0.991. The molecule has 2 aromatic rings. The highest BCUT2D eigenvalue weighted by Gasteiger charge is 2.46. The molecule has 3 rings (SSSR count). The zero-order valence-corrected chi connectivity index (χ0v) is 14.4. The summed E-state index contributed by atoms with van der Waals surface area (Å²) in [4.78, 5) is 14.2. The predicted octanol–water partition coefficient (Wildman–Crippen LogP) is 3.52. The minimum Gasteiger partial charge on any atom is -0.340 e. The number of hydrogen-bond donors (Lipinski definition) is 1. The average molecular weight is 362 g/mol. The van der Waals surface area contributed by atoms with Gasteiger partial charge >= 0.3 is 0 Å². The van der Waals surface area contributed by atoms with Crippen LogP contribution in [0.4, 0.5) is 13.2 Å². The normalized spacial score (nSPS) is 21.7. The lowest BCUT2D eigenvalue weighted by molar-refractivity contribution is -0.140. The summed E-state index contributed by atoms with van der Waals surface area (Å²) >= 11 is 0. The number of benzene rings is 2. The van der Waals surface area contributed by atoms with Crippen molar-refractivity contribution in [3.8, 4) is 0 Å². The largest absolute Gasteiger partial charge is 0.340 e. The van der Waals surface area contributed by atoms with Gasteiger partial charge < -0.3 is 10.6 Å². The van der Waals surface area contributed by atoms with E-state index < -0.39 is 35.5 Å². The van der Waals surface area contributed by atoms with Gasteiger partial charge in [-0.25, -0.2) is 13.2 Å². The van der Waals surface area contributed by atoms with Crippen LogP contribution >= 0.6 is 0 Å². The van der Waals surface area contributed by atoms with Crippen molar-refractivity contribution in [1.29, 1.82) is 0 Å². The first kappa shape index (κ1) is 18.5. The minimum absolute atomic E-state index is 0.122. The van der Waals surface area contributed by atoms with E-state index in [1.807, 2.05) is 0 Å². The quantitative estimate of drug-likeness (QED) is 0.905. The second-order valence-corrected chi connectivity index (χ2v) is 6.84. The lowest BCUT2D eigenvalue weighted by Crippen LogP contribution is -2.41. The molecule has 1 unspecified atom stereocenters. The molecule has 1 heterocycles. The lowest BCUT2D eigenvalue weighted by atomic mass is 9.92. The standard InChI is InChI=1S/C20H21F3N2O/c1-20(22,23)18(13-7-3-2-4-8-13)19(26)25-11-15(17(24)12-25)14-9-5-6-10-16(14)21/h2-10,15,17-18H,11-12,24H2,1H3/t15-,17+,18?/m0/s1. The van der Waals surface area contributed by atoms with Crippen LogP contribution in [0.3, 0.4) is 0 Å². The van der Waals surface area contributed by atoms with E-state index in [0.717, 1.165) is 6.92 Å². The van der Waals surface area contributed by atoms with Gasteiger partial charge in [-0.05, 0) is 17.2 Å². The summed E-state index contributed by atoms with van der Waals surface area (Å²) in [5.74, 6) is -6.31. The number of likely N-dealkylation sites (tertiary alicyclic amines) is 1. The maximum absolute atomic E-state index is 14.2. The van der Waals surface area contributed by atoms with Crippen LogP contribution in [0, 0.1) is 5.82 Å². The summed E-state index contributed by atoms with van der Waals surface area (Å²) in [5.41, 5.74) is 6.78. The Morgan fingerprint density at radius 3 is 2.35 bits per heavy atom. The molecule has 0 aliphatic carbocycles. The molecule has 26 heavy (non-hydrogen) atoms. The molecule has 0 bridgehead atoms. The first-order chi connectivity index (χ1) is 12.3. The molecular formula is C20H21F3N2O. The molecule has 1 fully saturated rings. The average Bonchev–Trinajstić information content (AvgIpc) is 2.97. The fourth-order valence-electron chi connectivity index (χ4n) is 3.59. The number of hydrogen-bond acceptors (Lipinski definition) is 2. The number of carbonyl (C=O) groups excluding carboxylic acids is 1. The Morgan fingerprint density at radius 2 is 1.73 bits per heavy atom. The Morgan fingerprint density at radius 1 is 1.12 bits per heavy atom. The van der Waals surface area contributed by atoms with E-state index in [1.165, 1.54) is 23.1 Å². The number of alkyl halides is 2. The van der Waals surface area contributed by atoms with Crippen LogP contribution in [-0.2, 0) is 4.79 Å². The Hall–Kier alpha value is -2.34. The summed E-state index contributed by atoms with van der Waals surface area (Å²) < 4.78 is 42.5. The van der Waals surface area contributed by atoms with E-state index in [-0.39, 0.29) is 18.7 Å². The van der Waals surface area contributed by atoms with E-state index in [0.29, 0.717) is 5.56 Å². The first-order valence-electron chi connectivity index (χ1n) is 8.50. The van der Waals surface area contributed by atoms with Crippen molar-refractivity contribution in [3.05, 3.63) is 71.5 Å². The van der Waals surface area contributed by atoms with E-state index >= 15 is 0 Å². The van der Waals surface area contributed by atoms with Crippen LogP contribution in [0.5, 0.6) is 0 Å². The molecule has 0 saturated carbocycles. The molecule has 0 spiro atoms. The van der Waals surface area contributed by atoms with Crippen LogP contribution < -0.4 is 5.73 Å². The third-order valence-electron chi connectivity index (χ3n) is 4.87. The third-order valence-corrected chi connectivity index (χ3v) is 4.87. The van der Waals surface area contributed by atoms with Gasteiger partial charge in [0.25, 0.3) is 5.92 Å². The van der Waals surface area contributed by atoms with Gasteiger partial charge in [0, 0.05) is 32.0 Å². The number of rotatable bonds is 4. The van der Waals surface area contributed by atoms with Crippen molar-refractivity contribution >= 4 is 5.91 Å². The fourth-order valence-corrected chi connectivity index (χ4v) is 3.59. The zero-order valence-electron chi connectivity index (χ0n) is 14.4. The molecule has 0 aromatic heterocycles. The Balaban J connectivity index is 1.86. The van der Waals surface area contributed by atoms with Crippen LogP contribution in [0.1, 0.15) is 29.9 Å². The van der Waals surface area contributed by atoms with Gasteiger partial charge in [0.05, 0.1) is 0 Å². The monoisotopic (exact) mass is 362 g/mol. The molecule has 3 atom stereocenters. The smallest absolute Gasteiger partial charge is 0.260 e. The summed E-state index contributed by atoms with van der Waals surface area (Å²) in [5, 5.41) is 0. The van der Waals surface area contributed by atoms with Gasteiger partial charge in [0.2, 0.25) is 5.91 Å².